The first-order valence-corrected chi connectivity index (χ1v) is 41.3. The first-order valence-electron chi connectivity index (χ1n) is 41.3. The van der Waals surface area contributed by atoms with Gasteiger partial charge in [-0.05, 0) is 321 Å². The predicted molar refractivity (Wildman–Crippen MR) is 500 cm³/mol. The van der Waals surface area contributed by atoms with E-state index in [-0.39, 0.29) is 28.2 Å². The van der Waals surface area contributed by atoms with Crippen molar-refractivity contribution in [3.8, 4) is 11.5 Å². The second-order valence-electron chi connectivity index (χ2n) is 32.9. The topological polar surface area (TPSA) is 183 Å². The number of hydrogen-bond donors (Lipinski definition) is 3. The number of benzene rings is 2. The van der Waals surface area contributed by atoms with Crippen LogP contribution in [0.4, 0.5) is 0 Å². The molecular formula is C106H144O12. The van der Waals surface area contributed by atoms with E-state index in [0.29, 0.717) is 13.2 Å². The molecule has 0 spiro atoms. The van der Waals surface area contributed by atoms with Gasteiger partial charge in [0.15, 0.2) is 0 Å². The van der Waals surface area contributed by atoms with Crippen LogP contribution in [0.3, 0.4) is 0 Å². The van der Waals surface area contributed by atoms with Gasteiger partial charge in [0, 0.05) is 30.4 Å². The third-order valence-electron chi connectivity index (χ3n) is 20.8. The molecule has 3 aliphatic carbocycles. The minimum absolute atomic E-state index is 0.260. The molecule has 0 atom stereocenters. The molecule has 0 radical (unpaired) electrons. The monoisotopic (exact) mass is 1610 g/mol. The van der Waals surface area contributed by atoms with E-state index in [1.54, 1.807) is 67.1 Å². The lowest BCUT2D eigenvalue weighted by molar-refractivity contribution is -0.138. The van der Waals surface area contributed by atoms with Crippen molar-refractivity contribution in [2.45, 2.75) is 245 Å². The normalized spacial score (nSPS) is 17.0. The first kappa shape index (κ1) is 105. The minimum atomic E-state index is -0.912. The van der Waals surface area contributed by atoms with Crippen molar-refractivity contribution >= 4 is 42.0 Å². The van der Waals surface area contributed by atoms with Crippen LogP contribution in [0.15, 0.2) is 271 Å². The number of rotatable bonds is 29. The molecule has 0 saturated carbocycles. The maximum absolute atomic E-state index is 11.4. The van der Waals surface area contributed by atoms with Crippen molar-refractivity contribution < 1.29 is 58.2 Å². The summed E-state index contributed by atoms with van der Waals surface area (Å²) in [5.41, 5.74) is 28.9. The summed E-state index contributed by atoms with van der Waals surface area (Å²) in [4.78, 5) is 54.4. The average molecular weight is 1610 g/mol. The van der Waals surface area contributed by atoms with Crippen molar-refractivity contribution in [2.75, 3.05) is 27.4 Å². The molecule has 12 nitrogen and oxygen atoms in total. The Kier molecular flexibility index (Phi) is 48.6. The van der Waals surface area contributed by atoms with Gasteiger partial charge in [-0.15, -0.1) is 0 Å². The highest BCUT2D eigenvalue weighted by molar-refractivity contribution is 5.84. The maximum Gasteiger partial charge on any atom is 0.330 e. The third kappa shape index (κ3) is 42.0. The quantitative estimate of drug-likeness (QED) is 0.0399. The van der Waals surface area contributed by atoms with Crippen LogP contribution in [-0.2, 0) is 33.4 Å². The number of esters is 2. The number of hydrogen-bond acceptors (Lipinski definition) is 9. The molecule has 0 saturated heterocycles. The van der Waals surface area contributed by atoms with E-state index in [1.807, 2.05) is 101 Å². The fraction of sp³-hybridized carbons (Fsp3) is 0.406. The molecule has 3 N–H and O–H groups in total. The number of aliphatic carboxylic acids is 3. The highest BCUT2D eigenvalue weighted by atomic mass is 16.5. The van der Waals surface area contributed by atoms with Gasteiger partial charge >= 0.3 is 29.8 Å². The van der Waals surface area contributed by atoms with Gasteiger partial charge in [-0.1, -0.05) is 238 Å². The molecule has 2 aromatic rings. The summed E-state index contributed by atoms with van der Waals surface area (Å²) >= 11 is 0. The molecule has 640 valence electrons. The van der Waals surface area contributed by atoms with Crippen LogP contribution in [0.5, 0.6) is 11.5 Å². The molecule has 0 heterocycles. The minimum Gasteiger partial charge on any atom is -0.496 e. The molecule has 5 rings (SSSR count). The van der Waals surface area contributed by atoms with Gasteiger partial charge < -0.3 is 34.3 Å². The van der Waals surface area contributed by atoms with Crippen LogP contribution in [0, 0.1) is 57.8 Å². The predicted octanol–water partition coefficient (Wildman–Crippen LogP) is 28.1. The highest BCUT2D eigenvalue weighted by Gasteiger charge is 2.29. The van der Waals surface area contributed by atoms with Gasteiger partial charge in [0.1, 0.15) is 11.5 Å². The maximum atomic E-state index is 11.4. The average Bonchev–Trinajstić information content (AvgIpc) is 0.837. The number of carboxylic acids is 3. The summed E-state index contributed by atoms with van der Waals surface area (Å²) in [6.45, 7) is 56.9. The van der Waals surface area contributed by atoms with Crippen molar-refractivity contribution in [3.63, 3.8) is 0 Å². The van der Waals surface area contributed by atoms with Crippen LogP contribution in [0.1, 0.15) is 248 Å². The number of allylic oxidation sites excluding steroid dienone is 39. The number of aryl methyl sites for hydroxylation is 2. The Morgan fingerprint density at radius 2 is 0.568 bits per heavy atom. The number of carbonyl (C=O) groups is 5. The molecule has 2 aromatic carbocycles. The fourth-order valence-electron chi connectivity index (χ4n) is 13.8. The molecular weight excluding hydrogens is 1470 g/mol. The Balaban J connectivity index is 0.000000739. The number of ether oxygens (including phenoxy) is 4. The van der Waals surface area contributed by atoms with E-state index >= 15 is 0 Å². The zero-order chi connectivity index (χ0) is 89.6. The van der Waals surface area contributed by atoms with E-state index in [2.05, 4.69) is 198 Å². The Morgan fingerprint density at radius 1 is 0.339 bits per heavy atom. The zero-order valence-corrected chi connectivity index (χ0v) is 77.3. The van der Waals surface area contributed by atoms with Crippen LogP contribution >= 0.6 is 0 Å². The summed E-state index contributed by atoms with van der Waals surface area (Å²) in [6, 6.07) is 4.15. The molecule has 0 amide bonds. The van der Waals surface area contributed by atoms with Crippen LogP contribution < -0.4 is 9.47 Å². The summed E-state index contributed by atoms with van der Waals surface area (Å²) in [5.74, 6) is -1.50. The van der Waals surface area contributed by atoms with E-state index < -0.39 is 17.9 Å². The summed E-state index contributed by atoms with van der Waals surface area (Å²) in [6.07, 6.45) is 68.2. The summed E-state index contributed by atoms with van der Waals surface area (Å²) in [5, 5.41) is 26.0. The van der Waals surface area contributed by atoms with E-state index in [4.69, 9.17) is 34.3 Å². The second kappa shape index (κ2) is 54.4. The molecule has 0 unspecified atom stereocenters. The van der Waals surface area contributed by atoms with Crippen molar-refractivity contribution in [1.29, 1.82) is 0 Å². The molecule has 118 heavy (non-hydrogen) atoms. The molecule has 3 aliphatic rings. The lowest BCUT2D eigenvalue weighted by Crippen LogP contribution is -2.19. The molecule has 0 aliphatic heterocycles. The SMILES string of the molecule is CC1=C(/C=C/C(C)=C/C=C/C(C)=C\C(=O)O)C(C)(C)CCC1.CC1=C(/C=C/C(C)=C/C=C/C(C)=C\C(=O)O)C(C)(C)CCC1.CC1=C(/C=C/C(C)=C/C=C/C(C)=C\C(=O)O)C(C)(C)CCC1.CCOC(=O)/C=C(C)/C=C/C=C(C)/C=C/c1c(C)cc(OC)c(C)c1C.CCOC(=O)/C=C(C)/C=C/C=C(C)/C=C/c1c(C)cc(OC)c(C)c1C. The van der Waals surface area contributed by atoms with Crippen molar-refractivity contribution in [3.05, 3.63) is 316 Å². The molecule has 0 aromatic heterocycles. The van der Waals surface area contributed by atoms with Crippen LogP contribution in [-0.4, -0.2) is 72.6 Å². The van der Waals surface area contributed by atoms with E-state index in [1.165, 1.54) is 166 Å². The fourth-order valence-corrected chi connectivity index (χ4v) is 13.8. The largest absolute Gasteiger partial charge is 0.496 e. The van der Waals surface area contributed by atoms with Gasteiger partial charge in [0.05, 0.1) is 27.4 Å². The zero-order valence-electron chi connectivity index (χ0n) is 77.3. The number of carbonyl (C=O) groups excluding carboxylic acids is 2. The lowest BCUT2D eigenvalue weighted by atomic mass is 9.72. The van der Waals surface area contributed by atoms with Gasteiger partial charge in [-0.3, -0.25) is 0 Å². The Labute approximate surface area is 712 Å². The van der Waals surface area contributed by atoms with Crippen molar-refractivity contribution in [1.82, 2.24) is 0 Å². The Morgan fingerprint density at radius 3 is 0.780 bits per heavy atom. The standard InChI is InChI=1S/2C23H30O3.3C20H28O2/c2*1-8-26-23(24)14-17(3)11-9-10-16(2)12-13-21-18(4)15-22(25-7)20(6)19(21)5;3*1-15(8-6-9-16(2)14-19(21)22)11-12-18-17(3)10-7-13-20(18,4)5/h2*9-15H,8H2,1-7H3;3*6,8-9,11-12,14H,7,10,13H2,1-5H3,(H,21,22)/b2*11-9+,13-12+,16-10+,17-14+;3*9-6+,12-11+,15-8+,16-14-. The van der Waals surface area contributed by atoms with Crippen LogP contribution in [0.2, 0.25) is 0 Å². The second-order valence-corrected chi connectivity index (χ2v) is 32.9. The van der Waals surface area contributed by atoms with Crippen molar-refractivity contribution in [2.24, 2.45) is 16.2 Å². The van der Waals surface area contributed by atoms with Crippen LogP contribution in [0.25, 0.3) is 12.2 Å². The lowest BCUT2D eigenvalue weighted by Gasteiger charge is -2.33. The Hall–Kier alpha value is -10.6. The number of methoxy groups -OCH3 is 2. The first-order chi connectivity index (χ1) is 55.2. The van der Waals surface area contributed by atoms with E-state index in [9.17, 15) is 24.0 Å². The summed E-state index contributed by atoms with van der Waals surface area (Å²) < 4.78 is 20.6. The van der Waals surface area contributed by atoms with Gasteiger partial charge in [0.25, 0.3) is 0 Å². The molecule has 12 heteroatoms. The molecule has 0 fully saturated rings. The number of carboxylic acid groups (broad SMARTS) is 3. The summed E-state index contributed by atoms with van der Waals surface area (Å²) in [7, 11) is 3.41. The highest BCUT2D eigenvalue weighted by Crippen LogP contribution is 2.43. The smallest absolute Gasteiger partial charge is 0.330 e. The van der Waals surface area contributed by atoms with E-state index in [0.717, 1.165) is 67.2 Å². The Bertz CT molecular complexity index is 4170. The van der Waals surface area contributed by atoms with Gasteiger partial charge in [0.2, 0.25) is 0 Å². The van der Waals surface area contributed by atoms with Gasteiger partial charge in [-0.2, -0.15) is 0 Å². The molecule has 0 bridgehead atoms. The third-order valence-corrected chi connectivity index (χ3v) is 20.8. The van der Waals surface area contributed by atoms with Gasteiger partial charge in [-0.25, -0.2) is 24.0 Å².